The number of ether oxygens (including phenoxy) is 1. The van der Waals surface area contributed by atoms with E-state index in [1.54, 1.807) is 18.4 Å². The molecule has 2 atom stereocenters. The maximum atomic E-state index is 5.88. The minimum atomic E-state index is 0.00579. The van der Waals surface area contributed by atoms with Gasteiger partial charge < -0.3 is 10.5 Å². The Balaban J connectivity index is 2.62. The van der Waals surface area contributed by atoms with Gasteiger partial charge in [-0.05, 0) is 29.3 Å². The number of methoxy groups -OCH3 is 1. The summed E-state index contributed by atoms with van der Waals surface area (Å²) in [5.41, 5.74) is 7.03. The van der Waals surface area contributed by atoms with Crippen molar-refractivity contribution in [2.45, 2.75) is 19.1 Å². The van der Waals surface area contributed by atoms with Gasteiger partial charge in [-0.2, -0.15) is 11.3 Å². The summed E-state index contributed by atoms with van der Waals surface area (Å²) in [4.78, 5) is 0. The van der Waals surface area contributed by atoms with Gasteiger partial charge in [-0.3, -0.25) is 0 Å². The van der Waals surface area contributed by atoms with Gasteiger partial charge in [0, 0.05) is 7.11 Å². The molecule has 2 nitrogen and oxygen atoms in total. The fourth-order valence-electron chi connectivity index (χ4n) is 0.882. The van der Waals surface area contributed by atoms with E-state index in [0.717, 1.165) is 5.56 Å². The van der Waals surface area contributed by atoms with Gasteiger partial charge in [-0.25, -0.2) is 0 Å². The fourth-order valence-corrected chi connectivity index (χ4v) is 1.59. The number of thiophene rings is 1. The Morgan fingerprint density at radius 2 is 2.36 bits per heavy atom. The topological polar surface area (TPSA) is 35.2 Å². The van der Waals surface area contributed by atoms with E-state index in [1.165, 1.54) is 0 Å². The van der Waals surface area contributed by atoms with Gasteiger partial charge in [-0.1, -0.05) is 0 Å². The van der Waals surface area contributed by atoms with E-state index in [2.05, 4.69) is 5.38 Å². The van der Waals surface area contributed by atoms with Crippen LogP contribution < -0.4 is 5.73 Å². The minimum Gasteiger partial charge on any atom is -0.380 e. The zero-order valence-electron chi connectivity index (χ0n) is 6.78. The summed E-state index contributed by atoms with van der Waals surface area (Å²) >= 11 is 1.66. The number of nitrogens with two attached hydrogens (primary N) is 1. The zero-order valence-corrected chi connectivity index (χ0v) is 7.60. The van der Waals surface area contributed by atoms with Crippen LogP contribution in [0.25, 0.3) is 0 Å². The van der Waals surface area contributed by atoms with Crippen LogP contribution in [0.1, 0.15) is 18.5 Å². The molecule has 2 N–H and O–H groups in total. The molecule has 0 saturated heterocycles. The molecule has 62 valence electrons. The van der Waals surface area contributed by atoms with Crippen LogP contribution in [0.5, 0.6) is 0 Å². The Kier molecular flexibility index (Phi) is 3.05. The van der Waals surface area contributed by atoms with Gasteiger partial charge in [0.05, 0.1) is 12.1 Å². The van der Waals surface area contributed by atoms with E-state index in [-0.39, 0.29) is 12.1 Å². The molecule has 0 radical (unpaired) electrons. The predicted octanol–water partition coefficient (Wildman–Crippen LogP) is 1.78. The molecule has 2 unspecified atom stereocenters. The van der Waals surface area contributed by atoms with Crippen LogP contribution in [0.15, 0.2) is 16.8 Å². The third-order valence-electron chi connectivity index (χ3n) is 1.81. The molecule has 1 aromatic heterocycles. The van der Waals surface area contributed by atoms with Crippen molar-refractivity contribution in [3.63, 3.8) is 0 Å². The lowest BCUT2D eigenvalue weighted by Crippen LogP contribution is -2.24. The molecule has 0 aromatic carbocycles. The van der Waals surface area contributed by atoms with Gasteiger partial charge in [-0.15, -0.1) is 0 Å². The maximum Gasteiger partial charge on any atom is 0.0736 e. The zero-order chi connectivity index (χ0) is 8.27. The molecule has 1 heterocycles. The van der Waals surface area contributed by atoms with Crippen LogP contribution in [-0.4, -0.2) is 13.2 Å². The molecule has 1 aromatic rings. The second-order valence-corrected chi connectivity index (χ2v) is 3.30. The molecule has 0 aliphatic rings. The highest BCUT2D eigenvalue weighted by Gasteiger charge is 2.13. The summed E-state index contributed by atoms with van der Waals surface area (Å²) in [6.07, 6.45) is 0.0876. The minimum absolute atomic E-state index is 0.00579. The number of hydrogen-bond donors (Lipinski definition) is 1. The van der Waals surface area contributed by atoms with Crippen LogP contribution in [0.4, 0.5) is 0 Å². The Morgan fingerprint density at radius 3 is 2.82 bits per heavy atom. The molecule has 0 aliphatic heterocycles. The molecular weight excluding hydrogens is 158 g/mol. The van der Waals surface area contributed by atoms with Crippen LogP contribution in [0.2, 0.25) is 0 Å². The highest BCUT2D eigenvalue weighted by atomic mass is 32.1. The fraction of sp³-hybridized carbons (Fsp3) is 0.500. The van der Waals surface area contributed by atoms with Crippen molar-refractivity contribution < 1.29 is 4.74 Å². The van der Waals surface area contributed by atoms with Crippen molar-refractivity contribution in [3.8, 4) is 0 Å². The Hall–Kier alpha value is -0.380. The second kappa shape index (κ2) is 3.85. The van der Waals surface area contributed by atoms with Crippen LogP contribution in [0, 0.1) is 0 Å². The summed E-state index contributed by atoms with van der Waals surface area (Å²) in [5, 5.41) is 4.08. The molecule has 0 amide bonds. The highest BCUT2D eigenvalue weighted by molar-refractivity contribution is 7.07. The first-order valence-electron chi connectivity index (χ1n) is 3.56. The monoisotopic (exact) mass is 171 g/mol. The Labute approximate surface area is 71.0 Å². The lowest BCUT2D eigenvalue weighted by atomic mass is 10.1. The summed E-state index contributed by atoms with van der Waals surface area (Å²) in [6, 6.07) is 2.04. The van der Waals surface area contributed by atoms with Gasteiger partial charge in [0.1, 0.15) is 0 Å². The largest absolute Gasteiger partial charge is 0.380 e. The molecule has 0 fully saturated rings. The van der Waals surface area contributed by atoms with E-state index in [0.29, 0.717) is 0 Å². The Bertz CT molecular complexity index is 198. The van der Waals surface area contributed by atoms with E-state index < -0.39 is 0 Å². The lowest BCUT2D eigenvalue weighted by molar-refractivity contribution is 0.0958. The maximum absolute atomic E-state index is 5.88. The quantitative estimate of drug-likeness (QED) is 0.752. The first kappa shape index (κ1) is 8.71. The SMILES string of the molecule is COC(C)C(N)c1ccsc1. The number of rotatable bonds is 3. The van der Waals surface area contributed by atoms with Crippen molar-refractivity contribution in [3.05, 3.63) is 22.4 Å². The highest BCUT2D eigenvalue weighted by Crippen LogP contribution is 2.18. The first-order valence-corrected chi connectivity index (χ1v) is 4.50. The predicted molar refractivity (Wildman–Crippen MR) is 47.7 cm³/mol. The number of hydrogen-bond acceptors (Lipinski definition) is 3. The summed E-state index contributed by atoms with van der Waals surface area (Å²) < 4.78 is 5.12. The summed E-state index contributed by atoms with van der Waals surface area (Å²) in [5.74, 6) is 0. The van der Waals surface area contributed by atoms with Crippen molar-refractivity contribution >= 4 is 11.3 Å². The van der Waals surface area contributed by atoms with Crippen LogP contribution in [0.3, 0.4) is 0 Å². The molecule has 0 aliphatic carbocycles. The van der Waals surface area contributed by atoms with Crippen molar-refractivity contribution in [1.29, 1.82) is 0 Å². The molecule has 0 spiro atoms. The molecule has 0 bridgehead atoms. The second-order valence-electron chi connectivity index (χ2n) is 2.52. The molecular formula is C8H13NOS. The van der Waals surface area contributed by atoms with Crippen molar-refractivity contribution in [2.24, 2.45) is 5.73 Å². The smallest absolute Gasteiger partial charge is 0.0736 e. The third kappa shape index (κ3) is 2.02. The van der Waals surface area contributed by atoms with Crippen LogP contribution in [-0.2, 0) is 4.74 Å². The summed E-state index contributed by atoms with van der Waals surface area (Å²) in [6.45, 7) is 1.97. The van der Waals surface area contributed by atoms with E-state index in [1.807, 2.05) is 18.4 Å². The van der Waals surface area contributed by atoms with Gasteiger partial charge in [0.2, 0.25) is 0 Å². The third-order valence-corrected chi connectivity index (χ3v) is 2.51. The lowest BCUT2D eigenvalue weighted by Gasteiger charge is -2.16. The van der Waals surface area contributed by atoms with Gasteiger partial charge in [0.15, 0.2) is 0 Å². The standard InChI is InChI=1S/C8H13NOS/c1-6(10-2)8(9)7-3-4-11-5-7/h3-6,8H,9H2,1-2H3. The van der Waals surface area contributed by atoms with E-state index >= 15 is 0 Å². The average Bonchev–Trinajstić information content (AvgIpc) is 2.53. The van der Waals surface area contributed by atoms with Gasteiger partial charge in [0.25, 0.3) is 0 Å². The molecule has 3 heteroatoms. The summed E-state index contributed by atoms with van der Waals surface area (Å²) in [7, 11) is 1.68. The van der Waals surface area contributed by atoms with Crippen molar-refractivity contribution in [1.82, 2.24) is 0 Å². The molecule has 1 rings (SSSR count). The molecule has 11 heavy (non-hydrogen) atoms. The van der Waals surface area contributed by atoms with E-state index in [4.69, 9.17) is 10.5 Å². The molecule has 0 saturated carbocycles. The van der Waals surface area contributed by atoms with Gasteiger partial charge >= 0.3 is 0 Å². The van der Waals surface area contributed by atoms with E-state index in [9.17, 15) is 0 Å². The first-order chi connectivity index (χ1) is 5.25. The Morgan fingerprint density at radius 1 is 1.64 bits per heavy atom. The van der Waals surface area contributed by atoms with Crippen molar-refractivity contribution in [2.75, 3.05) is 7.11 Å². The van der Waals surface area contributed by atoms with Crippen LogP contribution >= 0.6 is 11.3 Å². The average molecular weight is 171 g/mol. The normalized spacial score (nSPS) is 16.3.